The van der Waals surface area contributed by atoms with Crippen molar-refractivity contribution in [2.75, 3.05) is 16.0 Å². The number of amides is 3. The molecule has 4 rings (SSSR count). The molecular formula is C24H19N5O4. The fourth-order valence-electron chi connectivity index (χ4n) is 3.20. The first-order valence-corrected chi connectivity index (χ1v) is 9.91. The van der Waals surface area contributed by atoms with Crippen molar-refractivity contribution in [3.8, 4) is 11.3 Å². The lowest BCUT2D eigenvalue weighted by atomic mass is 10.1. The van der Waals surface area contributed by atoms with Crippen LogP contribution >= 0.6 is 0 Å². The topological polar surface area (TPSA) is 136 Å². The summed E-state index contributed by atoms with van der Waals surface area (Å²) in [4.78, 5) is 34.8. The van der Waals surface area contributed by atoms with Gasteiger partial charge in [0.15, 0.2) is 0 Å². The van der Waals surface area contributed by atoms with E-state index < -0.39 is 11.9 Å². The molecule has 0 aliphatic heterocycles. The van der Waals surface area contributed by atoms with Gasteiger partial charge in [-0.05, 0) is 42.5 Å². The van der Waals surface area contributed by atoms with E-state index in [2.05, 4.69) is 26.1 Å². The van der Waals surface area contributed by atoms with E-state index in [9.17, 15) is 14.4 Å². The molecular weight excluding hydrogens is 422 g/mol. The van der Waals surface area contributed by atoms with E-state index in [1.807, 2.05) is 30.3 Å². The molecule has 3 aromatic carbocycles. The van der Waals surface area contributed by atoms with Crippen molar-refractivity contribution < 1.29 is 19.5 Å². The summed E-state index contributed by atoms with van der Waals surface area (Å²) in [6, 6.07) is 21.1. The van der Waals surface area contributed by atoms with Crippen LogP contribution in [0.25, 0.3) is 22.2 Å². The molecule has 9 nitrogen and oxygen atoms in total. The van der Waals surface area contributed by atoms with Gasteiger partial charge in [0, 0.05) is 40.2 Å². The van der Waals surface area contributed by atoms with E-state index >= 15 is 0 Å². The Morgan fingerprint density at radius 3 is 2.30 bits per heavy atom. The molecule has 0 bridgehead atoms. The predicted molar refractivity (Wildman–Crippen MR) is 126 cm³/mol. The predicted octanol–water partition coefficient (Wildman–Crippen LogP) is 4.45. The molecule has 4 aromatic rings. The first-order chi connectivity index (χ1) is 16.0. The average molecular weight is 441 g/mol. The van der Waals surface area contributed by atoms with Crippen LogP contribution in [0.15, 0.2) is 84.9 Å². The van der Waals surface area contributed by atoms with Crippen LogP contribution in [0.2, 0.25) is 0 Å². The maximum absolute atomic E-state index is 12.3. The van der Waals surface area contributed by atoms with Gasteiger partial charge in [-0.1, -0.05) is 30.3 Å². The molecule has 1 aromatic heterocycles. The summed E-state index contributed by atoms with van der Waals surface area (Å²) in [6.45, 7) is 0. The molecule has 33 heavy (non-hydrogen) atoms. The second kappa shape index (κ2) is 9.48. The Balaban J connectivity index is 1.54. The second-order valence-electron chi connectivity index (χ2n) is 7.02. The molecule has 0 saturated carbocycles. The number of aliphatic carboxylic acids is 1. The number of aromatic amines is 1. The van der Waals surface area contributed by atoms with Gasteiger partial charge >= 0.3 is 12.0 Å². The highest BCUT2D eigenvalue weighted by atomic mass is 16.4. The monoisotopic (exact) mass is 441 g/mol. The van der Waals surface area contributed by atoms with Crippen molar-refractivity contribution in [3.05, 3.63) is 84.9 Å². The van der Waals surface area contributed by atoms with Crippen LogP contribution in [-0.2, 0) is 9.59 Å². The zero-order valence-corrected chi connectivity index (χ0v) is 17.2. The molecule has 0 radical (unpaired) electrons. The number of carboxylic acid groups (broad SMARTS) is 1. The zero-order chi connectivity index (χ0) is 23.2. The third-order valence-electron chi connectivity index (χ3n) is 4.63. The van der Waals surface area contributed by atoms with Gasteiger partial charge in [-0.3, -0.25) is 9.89 Å². The normalized spacial score (nSPS) is 10.8. The summed E-state index contributed by atoms with van der Waals surface area (Å²) in [7, 11) is 0. The summed E-state index contributed by atoms with van der Waals surface area (Å²) < 4.78 is 0. The summed E-state index contributed by atoms with van der Waals surface area (Å²) in [5, 5.41) is 24.9. The van der Waals surface area contributed by atoms with Gasteiger partial charge in [-0.25, -0.2) is 9.59 Å². The highest BCUT2D eigenvalue weighted by Crippen LogP contribution is 2.30. The molecule has 0 unspecified atom stereocenters. The van der Waals surface area contributed by atoms with Crippen molar-refractivity contribution in [2.24, 2.45) is 0 Å². The van der Waals surface area contributed by atoms with Gasteiger partial charge in [0.25, 0.3) is 0 Å². The Bertz CT molecular complexity index is 1360. The molecule has 0 aliphatic carbocycles. The molecule has 9 heteroatoms. The number of H-pyrrole nitrogens is 1. The molecule has 3 amide bonds. The number of carbonyl (C=O) groups is 3. The Labute approximate surface area is 188 Å². The molecule has 0 aliphatic rings. The maximum Gasteiger partial charge on any atom is 0.328 e. The Morgan fingerprint density at radius 2 is 1.52 bits per heavy atom. The van der Waals surface area contributed by atoms with E-state index in [0.717, 1.165) is 28.6 Å². The van der Waals surface area contributed by atoms with E-state index in [4.69, 9.17) is 5.11 Å². The van der Waals surface area contributed by atoms with Crippen molar-refractivity contribution in [1.82, 2.24) is 10.2 Å². The summed E-state index contributed by atoms with van der Waals surface area (Å²) in [6.07, 6.45) is 1.71. The number of nitrogens with zero attached hydrogens (tertiary/aromatic N) is 1. The Kier molecular flexibility index (Phi) is 6.12. The van der Waals surface area contributed by atoms with E-state index in [0.29, 0.717) is 22.8 Å². The number of para-hydroxylation sites is 1. The van der Waals surface area contributed by atoms with E-state index in [1.165, 1.54) is 0 Å². The van der Waals surface area contributed by atoms with Gasteiger partial charge in [-0.15, -0.1) is 0 Å². The number of carboxylic acids is 1. The van der Waals surface area contributed by atoms with Crippen LogP contribution in [0.5, 0.6) is 0 Å². The quantitative estimate of drug-likeness (QED) is 0.282. The van der Waals surface area contributed by atoms with Gasteiger partial charge in [0.05, 0.1) is 5.52 Å². The van der Waals surface area contributed by atoms with Gasteiger partial charge < -0.3 is 21.1 Å². The van der Waals surface area contributed by atoms with Crippen LogP contribution in [0.4, 0.5) is 21.9 Å². The summed E-state index contributed by atoms with van der Waals surface area (Å²) in [5.41, 5.74) is 3.89. The number of aromatic nitrogens is 2. The van der Waals surface area contributed by atoms with Gasteiger partial charge in [0.2, 0.25) is 5.91 Å². The van der Waals surface area contributed by atoms with Crippen molar-refractivity contribution >= 4 is 45.9 Å². The molecule has 5 N–H and O–H groups in total. The molecule has 164 valence electrons. The molecule has 0 spiro atoms. The molecule has 0 fully saturated rings. The van der Waals surface area contributed by atoms with Crippen molar-refractivity contribution in [2.45, 2.75) is 0 Å². The number of nitrogens with one attached hydrogen (secondary N) is 4. The number of urea groups is 1. The third kappa shape index (κ3) is 5.42. The van der Waals surface area contributed by atoms with Crippen molar-refractivity contribution in [3.63, 3.8) is 0 Å². The number of rotatable bonds is 6. The Hall–Kier alpha value is -4.92. The highest BCUT2D eigenvalue weighted by Gasteiger charge is 2.11. The first-order valence-electron chi connectivity index (χ1n) is 9.91. The zero-order valence-electron chi connectivity index (χ0n) is 17.2. The largest absolute Gasteiger partial charge is 0.478 e. The minimum Gasteiger partial charge on any atom is -0.478 e. The van der Waals surface area contributed by atoms with Crippen LogP contribution in [0.3, 0.4) is 0 Å². The lowest BCUT2D eigenvalue weighted by Gasteiger charge is -2.08. The average Bonchev–Trinajstić information content (AvgIpc) is 3.22. The van der Waals surface area contributed by atoms with Crippen molar-refractivity contribution in [1.29, 1.82) is 0 Å². The van der Waals surface area contributed by atoms with Crippen LogP contribution < -0.4 is 16.0 Å². The minimum atomic E-state index is -1.20. The smallest absolute Gasteiger partial charge is 0.328 e. The molecule has 0 atom stereocenters. The fourth-order valence-corrected chi connectivity index (χ4v) is 3.20. The number of carbonyl (C=O) groups excluding carboxylic acids is 2. The lowest BCUT2D eigenvalue weighted by molar-refractivity contribution is -0.131. The van der Waals surface area contributed by atoms with Gasteiger partial charge in [-0.2, -0.15) is 5.10 Å². The number of fused-ring (bicyclic) bond motifs is 1. The number of hydrogen-bond donors (Lipinski definition) is 5. The fraction of sp³-hybridized carbons (Fsp3) is 0. The standard InChI is InChI=1S/C24H19N5O4/c30-21(11-12-22(31)32)25-17-8-4-5-15(13-17)23-19-14-18(9-10-20(19)28-29-23)27-24(33)26-16-6-2-1-3-7-16/h1-14H,(H,25,30)(H,28,29)(H,31,32)(H2,26,27,33)/b12-11-. The first kappa shape index (κ1) is 21.3. The number of anilines is 3. The van der Waals surface area contributed by atoms with Crippen LogP contribution in [0.1, 0.15) is 0 Å². The SMILES string of the molecule is O=C(O)/C=C\C(=O)Nc1cccc(-c2n[nH]c3ccc(NC(=O)Nc4ccccc4)cc23)c1. The highest BCUT2D eigenvalue weighted by molar-refractivity contribution is 6.04. The number of hydrogen-bond acceptors (Lipinski definition) is 4. The maximum atomic E-state index is 12.3. The van der Waals surface area contributed by atoms with E-state index in [1.54, 1.807) is 42.5 Å². The minimum absolute atomic E-state index is 0.371. The van der Waals surface area contributed by atoms with Gasteiger partial charge in [0.1, 0.15) is 5.69 Å². The number of benzene rings is 3. The van der Waals surface area contributed by atoms with Crippen LogP contribution in [0, 0.1) is 0 Å². The lowest BCUT2D eigenvalue weighted by Crippen LogP contribution is -2.19. The summed E-state index contributed by atoms with van der Waals surface area (Å²) in [5.74, 6) is -1.76. The molecule has 1 heterocycles. The molecule has 0 saturated heterocycles. The van der Waals surface area contributed by atoms with Crippen LogP contribution in [-0.4, -0.2) is 33.2 Å². The third-order valence-corrected chi connectivity index (χ3v) is 4.63. The summed E-state index contributed by atoms with van der Waals surface area (Å²) >= 11 is 0. The van der Waals surface area contributed by atoms with E-state index in [-0.39, 0.29) is 6.03 Å². The second-order valence-corrected chi connectivity index (χ2v) is 7.02. The Morgan fingerprint density at radius 1 is 0.788 bits per heavy atom.